The first-order valence-electron chi connectivity index (χ1n) is 5.79. The van der Waals surface area contributed by atoms with Crippen molar-refractivity contribution in [3.05, 3.63) is 34.4 Å². The topological polar surface area (TPSA) is 9.23 Å². The van der Waals surface area contributed by atoms with Gasteiger partial charge in [0.15, 0.2) is 0 Å². The van der Waals surface area contributed by atoms with Gasteiger partial charge >= 0.3 is 0 Å². The summed E-state index contributed by atoms with van der Waals surface area (Å²) in [5.41, 5.74) is 0.535. The van der Waals surface area contributed by atoms with E-state index in [9.17, 15) is 8.78 Å². The van der Waals surface area contributed by atoms with E-state index >= 15 is 0 Å². The number of ether oxygens (including phenoxy) is 1. The number of hydrogen-bond donors (Lipinski definition) is 0. The second-order valence-electron chi connectivity index (χ2n) is 4.78. The Morgan fingerprint density at radius 2 is 1.82 bits per heavy atom. The van der Waals surface area contributed by atoms with Crippen molar-refractivity contribution < 1.29 is 13.5 Å². The van der Waals surface area contributed by atoms with Crippen molar-refractivity contribution in [2.24, 2.45) is 5.92 Å². The van der Waals surface area contributed by atoms with Crippen molar-refractivity contribution in [1.29, 1.82) is 0 Å². The third-order valence-corrected chi connectivity index (χ3v) is 3.54. The second kappa shape index (κ2) is 4.91. The van der Waals surface area contributed by atoms with Crippen molar-refractivity contribution in [3.63, 3.8) is 0 Å². The highest BCUT2D eigenvalue weighted by Gasteiger charge is 2.29. The largest absolute Gasteiger partial charge is 0.370 e. The van der Waals surface area contributed by atoms with E-state index in [4.69, 9.17) is 16.3 Å². The van der Waals surface area contributed by atoms with E-state index in [1.54, 1.807) is 0 Å². The molecular weight excluding hydrogens is 246 g/mol. The van der Waals surface area contributed by atoms with Crippen molar-refractivity contribution in [2.45, 2.75) is 38.9 Å². The van der Waals surface area contributed by atoms with Gasteiger partial charge in [-0.05, 0) is 36.5 Å². The van der Waals surface area contributed by atoms with Crippen LogP contribution >= 0.6 is 11.6 Å². The molecule has 1 aliphatic rings. The zero-order valence-corrected chi connectivity index (χ0v) is 10.6. The minimum absolute atomic E-state index is 0.168. The van der Waals surface area contributed by atoms with Gasteiger partial charge in [0, 0.05) is 0 Å². The molecular formula is C13H15ClF2O. The molecule has 0 aliphatic carbocycles. The standard InChI is InChI=1S/C13H15ClF2O/c1-7(2)11-3-4-12(17-11)8-5-9(15)13(14)10(16)6-8/h5-7,11-12H,3-4H2,1-2H3/t11-,12+/m0/s1. The molecule has 0 spiro atoms. The SMILES string of the molecule is CC(C)[C@@H]1CC[C@H](c2cc(F)c(Cl)c(F)c2)O1. The summed E-state index contributed by atoms with van der Waals surface area (Å²) >= 11 is 5.44. The predicted molar refractivity (Wildman–Crippen MR) is 63.1 cm³/mol. The number of halogens is 3. The summed E-state index contributed by atoms with van der Waals surface area (Å²) in [6, 6.07) is 2.53. The van der Waals surface area contributed by atoms with Crippen LogP contribution in [0.5, 0.6) is 0 Å². The lowest BCUT2D eigenvalue weighted by Gasteiger charge is -2.17. The molecule has 0 unspecified atom stereocenters. The molecule has 94 valence electrons. The van der Waals surface area contributed by atoms with E-state index in [0.717, 1.165) is 12.8 Å². The van der Waals surface area contributed by atoms with Crippen LogP contribution < -0.4 is 0 Å². The Bertz CT molecular complexity index is 397. The molecule has 1 aromatic carbocycles. The molecule has 17 heavy (non-hydrogen) atoms. The molecule has 1 heterocycles. The number of benzene rings is 1. The Kier molecular flexibility index (Phi) is 3.69. The van der Waals surface area contributed by atoms with Gasteiger partial charge in [-0.2, -0.15) is 0 Å². The summed E-state index contributed by atoms with van der Waals surface area (Å²) < 4.78 is 32.4. The number of rotatable bonds is 2. The molecule has 1 nitrogen and oxygen atoms in total. The molecule has 0 saturated carbocycles. The van der Waals surface area contributed by atoms with E-state index in [0.29, 0.717) is 11.5 Å². The van der Waals surface area contributed by atoms with Gasteiger partial charge in [-0.1, -0.05) is 25.4 Å². The Morgan fingerprint density at radius 3 is 2.29 bits per heavy atom. The zero-order valence-electron chi connectivity index (χ0n) is 9.84. The van der Waals surface area contributed by atoms with E-state index in [2.05, 4.69) is 13.8 Å². The van der Waals surface area contributed by atoms with Crippen LogP contribution in [0.3, 0.4) is 0 Å². The fourth-order valence-corrected chi connectivity index (χ4v) is 2.27. The van der Waals surface area contributed by atoms with Gasteiger partial charge in [-0.25, -0.2) is 8.78 Å². The summed E-state index contributed by atoms with van der Waals surface area (Å²) in [5, 5.41) is -0.452. The lowest BCUT2D eigenvalue weighted by molar-refractivity contribution is 0.0185. The normalized spacial score (nSPS) is 24.6. The molecule has 4 heteroatoms. The molecule has 0 radical (unpaired) electrons. The van der Waals surface area contributed by atoms with Crippen molar-refractivity contribution >= 4 is 11.6 Å². The van der Waals surface area contributed by atoms with Crippen LogP contribution in [-0.4, -0.2) is 6.10 Å². The lowest BCUT2D eigenvalue weighted by Crippen LogP contribution is -2.13. The molecule has 0 aromatic heterocycles. The van der Waals surface area contributed by atoms with Crippen molar-refractivity contribution in [1.82, 2.24) is 0 Å². The van der Waals surface area contributed by atoms with Gasteiger partial charge in [-0.3, -0.25) is 0 Å². The summed E-state index contributed by atoms with van der Waals surface area (Å²) in [6.45, 7) is 4.16. The van der Waals surface area contributed by atoms with E-state index in [-0.39, 0.29) is 12.2 Å². The summed E-state index contributed by atoms with van der Waals surface area (Å²) in [7, 11) is 0. The highest BCUT2D eigenvalue weighted by Crippen LogP contribution is 2.37. The number of hydrogen-bond acceptors (Lipinski definition) is 1. The first-order chi connectivity index (χ1) is 7.99. The highest BCUT2D eigenvalue weighted by molar-refractivity contribution is 6.30. The van der Waals surface area contributed by atoms with Gasteiger partial charge in [0.1, 0.15) is 16.7 Å². The molecule has 1 aromatic rings. The van der Waals surface area contributed by atoms with Crippen LogP contribution in [0.4, 0.5) is 8.78 Å². The lowest BCUT2D eigenvalue weighted by atomic mass is 10.0. The van der Waals surface area contributed by atoms with Gasteiger partial charge < -0.3 is 4.74 Å². The molecule has 0 amide bonds. The van der Waals surface area contributed by atoms with Gasteiger partial charge in [0.2, 0.25) is 0 Å². The first-order valence-corrected chi connectivity index (χ1v) is 6.16. The van der Waals surface area contributed by atoms with Crippen molar-refractivity contribution in [3.8, 4) is 0 Å². The van der Waals surface area contributed by atoms with Gasteiger partial charge in [0.25, 0.3) is 0 Å². The molecule has 2 atom stereocenters. The van der Waals surface area contributed by atoms with Crippen LogP contribution in [-0.2, 0) is 4.74 Å². The second-order valence-corrected chi connectivity index (χ2v) is 5.16. The average molecular weight is 261 g/mol. The van der Waals surface area contributed by atoms with Crippen LogP contribution in [0.15, 0.2) is 12.1 Å². The maximum absolute atomic E-state index is 13.3. The fourth-order valence-electron chi connectivity index (χ4n) is 2.16. The van der Waals surface area contributed by atoms with Crippen molar-refractivity contribution in [2.75, 3.05) is 0 Å². The Morgan fingerprint density at radius 1 is 1.24 bits per heavy atom. The Labute approximate surface area is 105 Å². The smallest absolute Gasteiger partial charge is 0.145 e. The molecule has 1 aliphatic heterocycles. The van der Waals surface area contributed by atoms with E-state index in [1.165, 1.54) is 12.1 Å². The monoisotopic (exact) mass is 260 g/mol. The quantitative estimate of drug-likeness (QED) is 0.712. The first kappa shape index (κ1) is 12.8. The minimum atomic E-state index is -0.724. The zero-order chi connectivity index (χ0) is 12.6. The van der Waals surface area contributed by atoms with Gasteiger partial charge in [0.05, 0.1) is 12.2 Å². The van der Waals surface area contributed by atoms with Crippen LogP contribution in [0.25, 0.3) is 0 Å². The third-order valence-electron chi connectivity index (χ3n) is 3.17. The molecule has 0 bridgehead atoms. The van der Waals surface area contributed by atoms with Gasteiger partial charge in [-0.15, -0.1) is 0 Å². The van der Waals surface area contributed by atoms with E-state index in [1.807, 2.05) is 0 Å². The fraction of sp³-hybridized carbons (Fsp3) is 0.538. The third kappa shape index (κ3) is 2.61. The van der Waals surface area contributed by atoms with Crippen LogP contribution in [0.2, 0.25) is 5.02 Å². The molecule has 1 fully saturated rings. The summed E-state index contributed by atoms with van der Waals surface area (Å²) in [5.74, 6) is -1.03. The molecule has 1 saturated heterocycles. The summed E-state index contributed by atoms with van der Waals surface area (Å²) in [6.07, 6.45) is 1.67. The Balaban J connectivity index is 2.19. The maximum atomic E-state index is 13.3. The molecule has 0 N–H and O–H groups in total. The predicted octanol–water partition coefficient (Wildman–Crippen LogP) is 4.49. The molecule has 2 rings (SSSR count). The Hall–Kier alpha value is -0.670. The maximum Gasteiger partial charge on any atom is 0.145 e. The minimum Gasteiger partial charge on any atom is -0.370 e. The van der Waals surface area contributed by atoms with E-state index < -0.39 is 16.7 Å². The van der Waals surface area contributed by atoms with Crippen LogP contribution in [0.1, 0.15) is 38.4 Å². The van der Waals surface area contributed by atoms with Crippen LogP contribution in [0, 0.1) is 17.6 Å². The average Bonchev–Trinajstić information content (AvgIpc) is 2.74. The highest BCUT2D eigenvalue weighted by atomic mass is 35.5. The summed E-state index contributed by atoms with van der Waals surface area (Å²) in [4.78, 5) is 0.